The molecule has 0 saturated carbocycles. The van der Waals surface area contributed by atoms with Gasteiger partial charge in [0.15, 0.2) is 0 Å². The third-order valence-electron chi connectivity index (χ3n) is 2.67. The number of carbonyl (C=O) groups excluding carboxylic acids is 2. The SMILES string of the molecule is CC.O=C(Cl)C1CN(C(=O)OCc2ccccc2)C1. The van der Waals surface area contributed by atoms with Crippen LogP contribution in [0.2, 0.25) is 0 Å². The average molecular weight is 284 g/mol. The predicted molar refractivity (Wildman–Crippen MR) is 73.9 cm³/mol. The maximum absolute atomic E-state index is 11.5. The van der Waals surface area contributed by atoms with Crippen molar-refractivity contribution < 1.29 is 14.3 Å². The lowest BCUT2D eigenvalue weighted by molar-refractivity contribution is -0.119. The van der Waals surface area contributed by atoms with Gasteiger partial charge in [0.05, 0.1) is 5.92 Å². The normalized spacial score (nSPS) is 13.9. The molecule has 0 unspecified atom stereocenters. The number of benzene rings is 1. The van der Waals surface area contributed by atoms with Gasteiger partial charge in [0, 0.05) is 13.1 Å². The molecule has 1 aliphatic rings. The Morgan fingerprint density at radius 2 is 1.84 bits per heavy atom. The summed E-state index contributed by atoms with van der Waals surface area (Å²) in [6.45, 7) is 4.96. The van der Waals surface area contributed by atoms with Crippen LogP contribution in [0.1, 0.15) is 19.4 Å². The van der Waals surface area contributed by atoms with Crippen LogP contribution in [0.5, 0.6) is 0 Å². The zero-order valence-corrected chi connectivity index (χ0v) is 11.9. The van der Waals surface area contributed by atoms with Crippen LogP contribution in [0.3, 0.4) is 0 Å². The minimum Gasteiger partial charge on any atom is -0.445 e. The molecular formula is C14H18ClNO3. The zero-order valence-electron chi connectivity index (χ0n) is 11.1. The fraction of sp³-hybridized carbons (Fsp3) is 0.429. The van der Waals surface area contributed by atoms with E-state index < -0.39 is 11.3 Å². The number of carbonyl (C=O) groups is 2. The molecule has 1 aliphatic heterocycles. The summed E-state index contributed by atoms with van der Waals surface area (Å²) >= 11 is 5.30. The molecule has 1 saturated heterocycles. The molecule has 5 heteroatoms. The van der Waals surface area contributed by atoms with E-state index in [0.717, 1.165) is 5.56 Å². The van der Waals surface area contributed by atoms with E-state index in [1.165, 1.54) is 4.90 Å². The Morgan fingerprint density at radius 1 is 1.26 bits per heavy atom. The van der Waals surface area contributed by atoms with Crippen LogP contribution in [-0.2, 0) is 16.1 Å². The number of rotatable bonds is 3. The van der Waals surface area contributed by atoms with Gasteiger partial charge in [-0.1, -0.05) is 44.2 Å². The number of ether oxygens (including phenoxy) is 1. The Kier molecular flexibility index (Phi) is 6.36. The molecule has 0 aliphatic carbocycles. The summed E-state index contributed by atoms with van der Waals surface area (Å²) < 4.78 is 5.09. The zero-order chi connectivity index (χ0) is 14.3. The van der Waals surface area contributed by atoms with E-state index in [1.54, 1.807) is 0 Å². The van der Waals surface area contributed by atoms with E-state index in [0.29, 0.717) is 13.1 Å². The Morgan fingerprint density at radius 3 is 2.37 bits per heavy atom. The van der Waals surface area contributed by atoms with Crippen molar-refractivity contribution in [3.05, 3.63) is 35.9 Å². The van der Waals surface area contributed by atoms with Crippen molar-refractivity contribution >= 4 is 22.9 Å². The minimum absolute atomic E-state index is 0.235. The highest BCUT2D eigenvalue weighted by Crippen LogP contribution is 2.19. The summed E-state index contributed by atoms with van der Waals surface area (Å²) in [4.78, 5) is 23.7. The maximum Gasteiger partial charge on any atom is 0.410 e. The number of hydrogen-bond acceptors (Lipinski definition) is 3. The average Bonchev–Trinajstić information content (AvgIpc) is 2.38. The van der Waals surface area contributed by atoms with Gasteiger partial charge in [-0.2, -0.15) is 0 Å². The van der Waals surface area contributed by atoms with E-state index >= 15 is 0 Å². The van der Waals surface area contributed by atoms with E-state index in [9.17, 15) is 9.59 Å². The number of hydrogen-bond donors (Lipinski definition) is 0. The van der Waals surface area contributed by atoms with Gasteiger partial charge >= 0.3 is 6.09 Å². The molecule has 0 spiro atoms. The van der Waals surface area contributed by atoms with Gasteiger partial charge < -0.3 is 9.64 Å². The van der Waals surface area contributed by atoms with Gasteiger partial charge in [-0.15, -0.1) is 0 Å². The largest absolute Gasteiger partial charge is 0.445 e. The summed E-state index contributed by atoms with van der Waals surface area (Å²) in [5, 5.41) is -0.392. The summed E-state index contributed by atoms with van der Waals surface area (Å²) in [5.41, 5.74) is 0.936. The number of halogens is 1. The van der Waals surface area contributed by atoms with E-state index in [2.05, 4.69) is 0 Å². The van der Waals surface area contributed by atoms with Crippen molar-refractivity contribution in [1.82, 2.24) is 4.90 Å². The van der Waals surface area contributed by atoms with Crippen molar-refractivity contribution in [1.29, 1.82) is 0 Å². The third kappa shape index (κ3) is 4.56. The summed E-state index contributed by atoms with van der Waals surface area (Å²) in [6, 6.07) is 9.43. The second-order valence-electron chi connectivity index (χ2n) is 3.95. The van der Waals surface area contributed by atoms with Crippen LogP contribution in [0.15, 0.2) is 30.3 Å². The monoisotopic (exact) mass is 283 g/mol. The lowest BCUT2D eigenvalue weighted by atomic mass is 10.0. The molecule has 4 nitrogen and oxygen atoms in total. The molecule has 2 rings (SSSR count). The Bertz CT molecular complexity index is 416. The van der Waals surface area contributed by atoms with Gasteiger partial charge in [0.2, 0.25) is 5.24 Å². The molecule has 1 amide bonds. The minimum atomic E-state index is -0.400. The van der Waals surface area contributed by atoms with Crippen LogP contribution in [0.4, 0.5) is 4.79 Å². The first kappa shape index (κ1) is 15.5. The Balaban J connectivity index is 0.000000861. The molecule has 0 atom stereocenters. The van der Waals surface area contributed by atoms with Gasteiger partial charge in [0.1, 0.15) is 6.61 Å². The van der Waals surface area contributed by atoms with Crippen molar-refractivity contribution in [2.24, 2.45) is 5.92 Å². The quantitative estimate of drug-likeness (QED) is 0.801. The molecule has 1 fully saturated rings. The number of amides is 1. The summed E-state index contributed by atoms with van der Waals surface area (Å²) in [6.07, 6.45) is -0.400. The standard InChI is InChI=1S/C12H12ClNO3.C2H6/c13-11(15)10-6-14(7-10)12(16)17-8-9-4-2-1-3-5-9;1-2/h1-5,10H,6-8H2;1-2H3. The summed E-state index contributed by atoms with van der Waals surface area (Å²) in [7, 11) is 0. The first-order valence-electron chi connectivity index (χ1n) is 6.32. The first-order chi connectivity index (χ1) is 9.16. The van der Waals surface area contributed by atoms with E-state index in [1.807, 2.05) is 44.2 Å². The highest BCUT2D eigenvalue weighted by molar-refractivity contribution is 6.64. The van der Waals surface area contributed by atoms with Crippen molar-refractivity contribution in [2.75, 3.05) is 13.1 Å². The predicted octanol–water partition coefficient (Wildman–Crippen LogP) is 3.05. The topological polar surface area (TPSA) is 46.6 Å². The van der Waals surface area contributed by atoms with Crippen molar-refractivity contribution in [3.63, 3.8) is 0 Å². The lowest BCUT2D eigenvalue weighted by Gasteiger charge is -2.35. The molecule has 0 bridgehead atoms. The van der Waals surface area contributed by atoms with Crippen LogP contribution < -0.4 is 0 Å². The first-order valence-corrected chi connectivity index (χ1v) is 6.69. The Hall–Kier alpha value is -1.55. The molecule has 1 heterocycles. The van der Waals surface area contributed by atoms with Crippen LogP contribution in [0.25, 0.3) is 0 Å². The van der Waals surface area contributed by atoms with Gasteiger partial charge in [-0.25, -0.2) is 4.79 Å². The molecule has 0 N–H and O–H groups in total. The fourth-order valence-electron chi connectivity index (χ4n) is 1.58. The van der Waals surface area contributed by atoms with E-state index in [4.69, 9.17) is 16.3 Å². The van der Waals surface area contributed by atoms with E-state index in [-0.39, 0.29) is 12.5 Å². The van der Waals surface area contributed by atoms with Crippen LogP contribution in [-0.4, -0.2) is 29.3 Å². The molecule has 1 aromatic rings. The second-order valence-corrected chi connectivity index (χ2v) is 4.32. The van der Waals surface area contributed by atoms with Gasteiger partial charge in [0.25, 0.3) is 0 Å². The number of likely N-dealkylation sites (tertiary alicyclic amines) is 1. The fourth-order valence-corrected chi connectivity index (χ4v) is 1.72. The molecule has 104 valence electrons. The highest BCUT2D eigenvalue weighted by Gasteiger charge is 2.35. The number of nitrogens with zero attached hydrogens (tertiary/aromatic N) is 1. The van der Waals surface area contributed by atoms with Gasteiger partial charge in [-0.3, -0.25) is 4.79 Å². The smallest absolute Gasteiger partial charge is 0.410 e. The third-order valence-corrected chi connectivity index (χ3v) is 2.97. The Labute approximate surface area is 118 Å². The molecule has 0 aromatic heterocycles. The molecular weight excluding hydrogens is 266 g/mol. The van der Waals surface area contributed by atoms with Crippen LogP contribution >= 0.6 is 11.6 Å². The maximum atomic E-state index is 11.5. The molecule has 1 aromatic carbocycles. The second kappa shape index (κ2) is 7.79. The molecule has 19 heavy (non-hydrogen) atoms. The lowest BCUT2D eigenvalue weighted by Crippen LogP contribution is -2.52. The van der Waals surface area contributed by atoms with Crippen molar-refractivity contribution in [3.8, 4) is 0 Å². The molecule has 0 radical (unpaired) electrons. The van der Waals surface area contributed by atoms with Gasteiger partial charge in [-0.05, 0) is 17.2 Å². The van der Waals surface area contributed by atoms with Crippen LogP contribution in [0, 0.1) is 5.92 Å². The highest BCUT2D eigenvalue weighted by atomic mass is 35.5. The summed E-state index contributed by atoms with van der Waals surface area (Å²) in [5.74, 6) is -0.235. The van der Waals surface area contributed by atoms with Crippen molar-refractivity contribution in [2.45, 2.75) is 20.5 Å².